The van der Waals surface area contributed by atoms with Crippen LogP contribution in [-0.4, -0.2) is 5.92 Å². The first-order valence-electron chi connectivity index (χ1n) is 6.32. The first-order chi connectivity index (χ1) is 6.94. The van der Waals surface area contributed by atoms with Gasteiger partial charge in [-0.05, 0) is 68.6 Å². The molecule has 15 heavy (non-hydrogen) atoms. The van der Waals surface area contributed by atoms with Crippen molar-refractivity contribution in [2.24, 2.45) is 23.2 Å². The zero-order valence-corrected chi connectivity index (χ0v) is 9.44. The van der Waals surface area contributed by atoms with Crippen LogP contribution in [0.5, 0.6) is 0 Å². The summed E-state index contributed by atoms with van der Waals surface area (Å²) in [5.74, 6) is -0.0816. The van der Waals surface area contributed by atoms with Crippen molar-refractivity contribution in [1.29, 1.82) is 0 Å². The van der Waals surface area contributed by atoms with Crippen molar-refractivity contribution in [3.8, 4) is 0 Å². The first kappa shape index (κ1) is 10.0. The van der Waals surface area contributed by atoms with Gasteiger partial charge in [-0.3, -0.25) is 0 Å². The van der Waals surface area contributed by atoms with E-state index in [0.29, 0.717) is 0 Å². The van der Waals surface area contributed by atoms with E-state index < -0.39 is 5.92 Å². The summed E-state index contributed by atoms with van der Waals surface area (Å²) in [5.41, 5.74) is 0.0347. The highest BCUT2D eigenvalue weighted by atomic mass is 19.3. The van der Waals surface area contributed by atoms with Crippen LogP contribution in [0.4, 0.5) is 8.78 Å². The minimum Gasteiger partial charge on any atom is -0.207 e. The molecular weight excluding hydrogens is 194 g/mol. The van der Waals surface area contributed by atoms with Crippen LogP contribution in [0.15, 0.2) is 0 Å². The summed E-state index contributed by atoms with van der Waals surface area (Å²) in [4.78, 5) is 0. The van der Waals surface area contributed by atoms with Crippen molar-refractivity contribution in [3.63, 3.8) is 0 Å². The molecule has 2 heteroatoms. The van der Waals surface area contributed by atoms with Gasteiger partial charge in [0.1, 0.15) is 0 Å². The monoisotopic (exact) mass is 214 g/mol. The molecule has 0 aromatic rings. The summed E-state index contributed by atoms with van der Waals surface area (Å²) in [6.07, 6.45) is 7.48. The normalized spacial score (nSPS) is 48.6. The Morgan fingerprint density at radius 2 is 1.40 bits per heavy atom. The third-order valence-electron chi connectivity index (χ3n) is 4.85. The number of alkyl halides is 2. The molecule has 0 N–H and O–H groups in total. The summed E-state index contributed by atoms with van der Waals surface area (Å²) < 4.78 is 26.5. The van der Waals surface area contributed by atoms with Gasteiger partial charge in [-0.15, -0.1) is 0 Å². The summed E-state index contributed by atoms with van der Waals surface area (Å²) >= 11 is 0. The minimum absolute atomic E-state index is 0.0347. The molecule has 0 spiro atoms. The van der Waals surface area contributed by atoms with Gasteiger partial charge in [0.2, 0.25) is 5.92 Å². The molecule has 4 aliphatic carbocycles. The lowest BCUT2D eigenvalue weighted by Gasteiger charge is -2.57. The van der Waals surface area contributed by atoms with Gasteiger partial charge in [-0.25, -0.2) is 8.78 Å². The van der Waals surface area contributed by atoms with Gasteiger partial charge in [0.25, 0.3) is 0 Å². The van der Waals surface area contributed by atoms with E-state index in [4.69, 9.17) is 0 Å². The Hall–Kier alpha value is -0.140. The Bertz CT molecular complexity index is 229. The predicted octanol–water partition coefficient (Wildman–Crippen LogP) is 4.25. The number of hydrogen-bond acceptors (Lipinski definition) is 0. The van der Waals surface area contributed by atoms with Crippen LogP contribution in [0.1, 0.15) is 51.9 Å². The van der Waals surface area contributed by atoms with Gasteiger partial charge in [-0.1, -0.05) is 0 Å². The lowest BCUT2D eigenvalue weighted by Crippen LogP contribution is -2.47. The van der Waals surface area contributed by atoms with E-state index in [0.717, 1.165) is 43.9 Å². The van der Waals surface area contributed by atoms with Gasteiger partial charge >= 0.3 is 0 Å². The third-order valence-corrected chi connectivity index (χ3v) is 4.85. The Morgan fingerprint density at radius 1 is 1.00 bits per heavy atom. The molecule has 0 amide bonds. The summed E-state index contributed by atoms with van der Waals surface area (Å²) in [7, 11) is 0. The summed E-state index contributed by atoms with van der Waals surface area (Å²) in [6.45, 7) is 1.10. The van der Waals surface area contributed by atoms with Crippen LogP contribution >= 0.6 is 0 Å². The van der Waals surface area contributed by atoms with Crippen LogP contribution in [0, 0.1) is 23.2 Å². The van der Waals surface area contributed by atoms with Crippen LogP contribution in [0.3, 0.4) is 0 Å². The fourth-order valence-corrected chi connectivity index (χ4v) is 5.16. The van der Waals surface area contributed by atoms with Gasteiger partial charge in [0, 0.05) is 6.42 Å². The minimum atomic E-state index is -2.45. The average molecular weight is 214 g/mol. The molecule has 0 aromatic carbocycles. The molecule has 0 unspecified atom stereocenters. The molecule has 0 atom stereocenters. The Morgan fingerprint density at radius 3 is 1.73 bits per heavy atom. The van der Waals surface area contributed by atoms with Crippen molar-refractivity contribution < 1.29 is 8.78 Å². The van der Waals surface area contributed by atoms with Crippen LogP contribution < -0.4 is 0 Å². The largest absolute Gasteiger partial charge is 0.245 e. The number of rotatable bonds is 2. The van der Waals surface area contributed by atoms with Gasteiger partial charge in [0.05, 0.1) is 0 Å². The number of halogens is 2. The second kappa shape index (κ2) is 2.95. The molecule has 0 saturated heterocycles. The second-order valence-corrected chi connectivity index (χ2v) is 6.66. The van der Waals surface area contributed by atoms with Crippen molar-refractivity contribution in [3.05, 3.63) is 0 Å². The van der Waals surface area contributed by atoms with Crippen molar-refractivity contribution in [2.45, 2.75) is 57.8 Å². The van der Waals surface area contributed by atoms with Crippen molar-refractivity contribution >= 4 is 0 Å². The fraction of sp³-hybridized carbons (Fsp3) is 1.00. The van der Waals surface area contributed by atoms with E-state index in [2.05, 4.69) is 0 Å². The first-order valence-corrected chi connectivity index (χ1v) is 6.32. The maximum Gasteiger partial charge on any atom is 0.245 e. The smallest absolute Gasteiger partial charge is 0.207 e. The zero-order valence-electron chi connectivity index (χ0n) is 9.44. The Balaban J connectivity index is 1.81. The highest BCUT2D eigenvalue weighted by Crippen LogP contribution is 2.62. The lowest BCUT2D eigenvalue weighted by atomic mass is 9.48. The topological polar surface area (TPSA) is 0 Å². The van der Waals surface area contributed by atoms with Crippen molar-refractivity contribution in [2.75, 3.05) is 0 Å². The zero-order chi connectivity index (χ0) is 10.7. The van der Waals surface area contributed by atoms with E-state index in [1.54, 1.807) is 0 Å². The molecule has 4 saturated carbocycles. The molecular formula is C13H20F2. The molecule has 4 aliphatic rings. The molecule has 86 valence electrons. The molecule has 4 fully saturated rings. The molecule has 4 rings (SSSR count). The standard InChI is InChI=1S/C13H20F2/c1-12(14,15)8-13-5-9-2-10(6-13)4-11(3-9)7-13/h9-11H,2-8H2,1H3. The molecule has 0 radical (unpaired) electrons. The van der Waals surface area contributed by atoms with Crippen LogP contribution in [-0.2, 0) is 0 Å². The maximum atomic E-state index is 13.2. The molecule has 0 aliphatic heterocycles. The maximum absolute atomic E-state index is 13.2. The average Bonchev–Trinajstić information content (AvgIpc) is 1.94. The third kappa shape index (κ3) is 1.81. The van der Waals surface area contributed by atoms with E-state index in [1.807, 2.05) is 0 Å². The Labute approximate surface area is 90.4 Å². The van der Waals surface area contributed by atoms with E-state index in [-0.39, 0.29) is 11.8 Å². The highest BCUT2D eigenvalue weighted by Gasteiger charge is 2.53. The van der Waals surface area contributed by atoms with Crippen molar-refractivity contribution in [1.82, 2.24) is 0 Å². The van der Waals surface area contributed by atoms with E-state index in [9.17, 15) is 8.78 Å². The lowest BCUT2D eigenvalue weighted by molar-refractivity contribution is -0.112. The van der Waals surface area contributed by atoms with E-state index in [1.165, 1.54) is 19.3 Å². The van der Waals surface area contributed by atoms with Gasteiger partial charge in [-0.2, -0.15) is 0 Å². The second-order valence-electron chi connectivity index (χ2n) is 6.66. The highest BCUT2D eigenvalue weighted by molar-refractivity contribution is 5.02. The molecule has 0 heterocycles. The van der Waals surface area contributed by atoms with Gasteiger partial charge in [0.15, 0.2) is 0 Å². The van der Waals surface area contributed by atoms with E-state index >= 15 is 0 Å². The van der Waals surface area contributed by atoms with Crippen LogP contribution in [0.25, 0.3) is 0 Å². The summed E-state index contributed by atoms with van der Waals surface area (Å²) in [5, 5.41) is 0. The number of hydrogen-bond donors (Lipinski definition) is 0. The quantitative estimate of drug-likeness (QED) is 0.644. The Kier molecular flexibility index (Phi) is 1.98. The van der Waals surface area contributed by atoms with Crippen LogP contribution in [0.2, 0.25) is 0 Å². The molecule has 0 aromatic heterocycles. The van der Waals surface area contributed by atoms with Gasteiger partial charge < -0.3 is 0 Å². The predicted molar refractivity (Wildman–Crippen MR) is 55.8 cm³/mol. The SMILES string of the molecule is CC(F)(F)CC12CC3CC(CC(C3)C1)C2. The molecule has 4 bridgehead atoms. The fourth-order valence-electron chi connectivity index (χ4n) is 5.16. The molecule has 0 nitrogen and oxygen atoms in total. The summed E-state index contributed by atoms with van der Waals surface area (Å²) in [6, 6.07) is 0.